The molecular weight excluding hydrogens is 306 g/mol. The number of carbonyl (C=O) groups excluding carboxylic acids is 1. The van der Waals surface area contributed by atoms with Crippen LogP contribution in [0.2, 0.25) is 0 Å². The van der Waals surface area contributed by atoms with Crippen molar-refractivity contribution in [3.8, 4) is 0 Å². The van der Waals surface area contributed by atoms with Gasteiger partial charge in [0.05, 0.1) is 16.2 Å². The first-order valence-corrected chi connectivity index (χ1v) is 8.70. The molecule has 0 saturated carbocycles. The number of thiophene rings is 1. The highest BCUT2D eigenvalue weighted by Crippen LogP contribution is 2.33. The number of amides is 1. The van der Waals surface area contributed by atoms with Gasteiger partial charge in [-0.05, 0) is 24.8 Å². The second-order valence-corrected chi connectivity index (χ2v) is 7.50. The van der Waals surface area contributed by atoms with Crippen molar-refractivity contribution in [1.29, 1.82) is 0 Å². The molecule has 1 fully saturated rings. The van der Waals surface area contributed by atoms with Crippen LogP contribution in [0.5, 0.6) is 0 Å². The zero-order chi connectivity index (χ0) is 14.8. The van der Waals surface area contributed by atoms with Gasteiger partial charge in [-0.15, -0.1) is 11.3 Å². The second-order valence-electron chi connectivity index (χ2n) is 5.46. The molecule has 0 spiro atoms. The van der Waals surface area contributed by atoms with E-state index in [1.165, 1.54) is 11.3 Å². The Morgan fingerprint density at radius 1 is 1.52 bits per heavy atom. The lowest BCUT2D eigenvalue weighted by atomic mass is 10.0. The van der Waals surface area contributed by atoms with Crippen LogP contribution in [-0.2, 0) is 4.74 Å². The zero-order valence-electron chi connectivity index (χ0n) is 12.2. The van der Waals surface area contributed by atoms with E-state index in [1.807, 2.05) is 25.1 Å². The van der Waals surface area contributed by atoms with Crippen molar-refractivity contribution in [2.45, 2.75) is 12.8 Å². The average Bonchev–Trinajstić information content (AvgIpc) is 3.04. The largest absolute Gasteiger partial charge is 0.381 e. The molecule has 1 aliphatic heterocycles. The summed E-state index contributed by atoms with van der Waals surface area (Å²) in [6, 6.07) is 1.94. The third-order valence-electron chi connectivity index (χ3n) is 3.49. The molecule has 3 heterocycles. The molecule has 1 amide bonds. The van der Waals surface area contributed by atoms with Crippen LogP contribution in [0.25, 0.3) is 9.53 Å². The summed E-state index contributed by atoms with van der Waals surface area (Å²) in [5, 5.41) is 3.99. The average molecular weight is 325 g/mol. The quantitative estimate of drug-likeness (QED) is 0.939. The van der Waals surface area contributed by atoms with Crippen molar-refractivity contribution < 1.29 is 9.53 Å². The van der Waals surface area contributed by atoms with E-state index < -0.39 is 0 Å². The van der Waals surface area contributed by atoms with Gasteiger partial charge >= 0.3 is 0 Å². The second kappa shape index (κ2) is 6.29. The highest BCUT2D eigenvalue weighted by atomic mass is 32.1. The van der Waals surface area contributed by atoms with Crippen LogP contribution < -0.4 is 10.2 Å². The Labute approximate surface area is 131 Å². The first-order chi connectivity index (χ1) is 10.1. The number of fused-ring (bicyclic) bond motifs is 1. The summed E-state index contributed by atoms with van der Waals surface area (Å²) in [5.41, 5.74) is 0. The lowest BCUT2D eigenvalue weighted by Gasteiger charge is -2.21. The lowest BCUT2D eigenvalue weighted by Crippen LogP contribution is -2.32. The number of hydrogen-bond acceptors (Lipinski definition) is 6. The zero-order valence-corrected chi connectivity index (χ0v) is 13.9. The van der Waals surface area contributed by atoms with E-state index >= 15 is 0 Å². The van der Waals surface area contributed by atoms with Crippen LogP contribution in [0.15, 0.2) is 6.07 Å². The third-order valence-corrected chi connectivity index (χ3v) is 5.82. The van der Waals surface area contributed by atoms with E-state index in [9.17, 15) is 4.79 Å². The number of anilines is 1. The van der Waals surface area contributed by atoms with Gasteiger partial charge in [0.25, 0.3) is 5.91 Å². The molecule has 5 nitrogen and oxygen atoms in total. The van der Waals surface area contributed by atoms with E-state index in [1.54, 1.807) is 11.3 Å². The molecule has 2 aromatic rings. The fraction of sp³-hybridized carbons (Fsp3) is 0.571. The van der Waals surface area contributed by atoms with E-state index in [0.29, 0.717) is 12.5 Å². The molecule has 0 aromatic carbocycles. The predicted octanol–water partition coefficient (Wildman–Crippen LogP) is 2.58. The summed E-state index contributed by atoms with van der Waals surface area (Å²) < 4.78 is 6.51. The van der Waals surface area contributed by atoms with Crippen molar-refractivity contribution in [1.82, 2.24) is 10.3 Å². The SMILES string of the molecule is CN(C)c1nc2sc(C(=O)NC[C@H]3CCCOC3)cc2s1. The Morgan fingerprint density at radius 3 is 3.05 bits per heavy atom. The van der Waals surface area contributed by atoms with Crippen molar-refractivity contribution in [3.63, 3.8) is 0 Å². The molecule has 0 unspecified atom stereocenters. The summed E-state index contributed by atoms with van der Waals surface area (Å²) >= 11 is 3.07. The summed E-state index contributed by atoms with van der Waals surface area (Å²) in [4.78, 5) is 20.4. The number of carbonyl (C=O) groups is 1. The monoisotopic (exact) mass is 325 g/mol. The molecule has 1 aliphatic rings. The molecule has 7 heteroatoms. The molecule has 0 bridgehead atoms. The molecule has 3 rings (SSSR count). The van der Waals surface area contributed by atoms with Crippen LogP contribution in [0.4, 0.5) is 5.13 Å². The maximum atomic E-state index is 12.2. The van der Waals surface area contributed by atoms with Crippen LogP contribution >= 0.6 is 22.7 Å². The molecule has 21 heavy (non-hydrogen) atoms. The minimum absolute atomic E-state index is 0.00202. The van der Waals surface area contributed by atoms with Gasteiger partial charge < -0.3 is 15.0 Å². The number of rotatable bonds is 4. The first-order valence-electron chi connectivity index (χ1n) is 7.07. The summed E-state index contributed by atoms with van der Waals surface area (Å²) in [7, 11) is 3.95. The lowest BCUT2D eigenvalue weighted by molar-refractivity contribution is 0.0536. The number of ether oxygens (including phenoxy) is 1. The first kappa shape index (κ1) is 14.7. The fourth-order valence-corrected chi connectivity index (χ4v) is 4.37. The standard InChI is InChI=1S/C14H19N3O2S2/c1-17(2)14-16-13-11(21-14)6-10(20-13)12(18)15-7-9-4-3-5-19-8-9/h6,9H,3-5,7-8H2,1-2H3,(H,15,18)/t9-/m1/s1. The van der Waals surface area contributed by atoms with Gasteiger partial charge in [0, 0.05) is 27.2 Å². The minimum atomic E-state index is 0.00202. The van der Waals surface area contributed by atoms with Gasteiger partial charge in [0.1, 0.15) is 4.83 Å². The van der Waals surface area contributed by atoms with E-state index in [2.05, 4.69) is 10.3 Å². The number of hydrogen-bond donors (Lipinski definition) is 1. The minimum Gasteiger partial charge on any atom is -0.381 e. The van der Waals surface area contributed by atoms with E-state index in [-0.39, 0.29) is 5.91 Å². The van der Waals surface area contributed by atoms with Crippen LogP contribution in [0, 0.1) is 5.92 Å². The van der Waals surface area contributed by atoms with Crippen molar-refractivity contribution in [2.75, 3.05) is 38.8 Å². The van der Waals surface area contributed by atoms with E-state index in [0.717, 1.165) is 45.6 Å². The molecule has 2 aromatic heterocycles. The molecule has 1 N–H and O–H groups in total. The molecule has 114 valence electrons. The number of aromatic nitrogens is 1. The van der Waals surface area contributed by atoms with Gasteiger partial charge in [-0.2, -0.15) is 0 Å². The summed E-state index contributed by atoms with van der Waals surface area (Å²) in [6.07, 6.45) is 2.22. The Bertz CT molecular complexity index is 598. The van der Waals surface area contributed by atoms with Gasteiger partial charge in [-0.25, -0.2) is 4.98 Å². The van der Waals surface area contributed by atoms with Crippen LogP contribution in [0.1, 0.15) is 22.5 Å². The number of nitrogens with zero attached hydrogens (tertiary/aromatic N) is 2. The molecule has 1 atom stereocenters. The van der Waals surface area contributed by atoms with Gasteiger partial charge in [-0.1, -0.05) is 11.3 Å². The Kier molecular flexibility index (Phi) is 4.42. The fourth-order valence-electron chi connectivity index (χ4n) is 2.32. The highest BCUT2D eigenvalue weighted by Gasteiger charge is 2.18. The molecule has 0 aliphatic carbocycles. The molecular formula is C14H19N3O2S2. The number of thiazole rings is 1. The van der Waals surface area contributed by atoms with Crippen LogP contribution in [-0.4, -0.2) is 44.7 Å². The molecule has 0 radical (unpaired) electrons. The molecule has 1 saturated heterocycles. The topological polar surface area (TPSA) is 54.5 Å². The Morgan fingerprint density at radius 2 is 2.38 bits per heavy atom. The predicted molar refractivity (Wildman–Crippen MR) is 87.7 cm³/mol. The highest BCUT2D eigenvalue weighted by molar-refractivity contribution is 7.29. The maximum Gasteiger partial charge on any atom is 0.261 e. The van der Waals surface area contributed by atoms with Crippen LogP contribution in [0.3, 0.4) is 0 Å². The summed E-state index contributed by atoms with van der Waals surface area (Å²) in [6.45, 7) is 2.31. The Hall–Kier alpha value is -1.18. The maximum absolute atomic E-state index is 12.2. The van der Waals surface area contributed by atoms with Crippen molar-refractivity contribution in [2.24, 2.45) is 5.92 Å². The van der Waals surface area contributed by atoms with Gasteiger partial charge in [-0.3, -0.25) is 4.79 Å². The normalized spacial score (nSPS) is 18.9. The summed E-state index contributed by atoms with van der Waals surface area (Å²) in [5.74, 6) is 0.449. The Balaban J connectivity index is 1.62. The van der Waals surface area contributed by atoms with Crippen molar-refractivity contribution in [3.05, 3.63) is 10.9 Å². The van der Waals surface area contributed by atoms with Crippen molar-refractivity contribution >= 4 is 43.2 Å². The van der Waals surface area contributed by atoms with Gasteiger partial charge in [0.2, 0.25) is 0 Å². The third kappa shape index (κ3) is 3.36. The van der Waals surface area contributed by atoms with Gasteiger partial charge in [0.15, 0.2) is 5.13 Å². The number of nitrogens with one attached hydrogen (secondary N) is 1. The smallest absolute Gasteiger partial charge is 0.261 e. The van der Waals surface area contributed by atoms with E-state index in [4.69, 9.17) is 4.74 Å².